The largest absolute Gasteiger partial charge is 0.483 e. The highest BCUT2D eigenvalue weighted by Gasteiger charge is 2.20. The molecule has 0 aliphatic heterocycles. The molecule has 2 heterocycles. The van der Waals surface area contributed by atoms with Crippen molar-refractivity contribution >= 4 is 49.3 Å². The summed E-state index contributed by atoms with van der Waals surface area (Å²) in [6.07, 6.45) is 2.05. The number of fused-ring (bicyclic) bond motifs is 1. The van der Waals surface area contributed by atoms with Gasteiger partial charge in [0, 0.05) is 23.4 Å². The molecule has 0 bridgehead atoms. The first-order valence-corrected chi connectivity index (χ1v) is 9.50. The van der Waals surface area contributed by atoms with Gasteiger partial charge in [-0.3, -0.25) is 14.4 Å². The van der Waals surface area contributed by atoms with E-state index in [1.165, 1.54) is 11.3 Å². The van der Waals surface area contributed by atoms with Crippen molar-refractivity contribution in [3.05, 3.63) is 52.1 Å². The van der Waals surface area contributed by atoms with E-state index in [0.717, 1.165) is 10.9 Å². The number of aromatic nitrogens is 2. The third-order valence-electron chi connectivity index (χ3n) is 3.61. The van der Waals surface area contributed by atoms with Crippen molar-refractivity contribution in [1.82, 2.24) is 9.55 Å². The molecule has 27 heavy (non-hydrogen) atoms. The Kier molecular flexibility index (Phi) is 7.75. The summed E-state index contributed by atoms with van der Waals surface area (Å²) in [4.78, 5) is 45.9. The first-order chi connectivity index (χ1) is 13.1. The summed E-state index contributed by atoms with van der Waals surface area (Å²) in [5.41, 5.74) is 1.67. The Bertz CT molecular complexity index is 952. The zero-order valence-electron chi connectivity index (χ0n) is 14.3. The number of benzene rings is 1. The van der Waals surface area contributed by atoms with E-state index < -0.39 is 9.03 Å². The molecule has 0 aliphatic carbocycles. The molecule has 0 saturated carbocycles. The van der Waals surface area contributed by atoms with Gasteiger partial charge in [0.25, 0.3) is 6.47 Å². The van der Waals surface area contributed by atoms with Crippen molar-refractivity contribution in [3.8, 4) is 0 Å². The molecule has 8 nitrogen and oxygen atoms in total. The van der Waals surface area contributed by atoms with Gasteiger partial charge in [0.05, 0.1) is 11.1 Å². The number of ketones is 2. The number of hydrogen-bond donors (Lipinski definition) is 2. The monoisotopic (exact) mass is 408 g/mol. The van der Waals surface area contributed by atoms with Gasteiger partial charge in [0.2, 0.25) is 5.78 Å². The fraction of sp³-hybridized carbons (Fsp3) is 0.176. The summed E-state index contributed by atoms with van der Waals surface area (Å²) in [6.45, 7) is 1.67. The van der Waals surface area contributed by atoms with E-state index in [0.29, 0.717) is 22.7 Å². The summed E-state index contributed by atoms with van der Waals surface area (Å²) in [5, 5.41) is 9.58. The predicted molar refractivity (Wildman–Crippen MR) is 102 cm³/mol. The smallest absolute Gasteiger partial charge is 0.290 e. The number of nitrogens with zero attached hydrogens (tertiary/aromatic N) is 2. The Morgan fingerprint density at radius 1 is 1.37 bits per heavy atom. The van der Waals surface area contributed by atoms with Gasteiger partial charge in [-0.1, -0.05) is 25.1 Å². The Labute approximate surface area is 160 Å². The van der Waals surface area contributed by atoms with Gasteiger partial charge in [-0.2, -0.15) is 0 Å². The summed E-state index contributed by atoms with van der Waals surface area (Å²) in [7, 11) is -0.622. The van der Waals surface area contributed by atoms with Crippen LogP contribution < -0.4 is 0 Å². The molecule has 10 heteroatoms. The molecule has 1 unspecified atom stereocenters. The molecule has 0 amide bonds. The van der Waals surface area contributed by atoms with E-state index in [1.807, 2.05) is 24.3 Å². The maximum absolute atomic E-state index is 12.8. The number of Topliss-reactive ketones (excluding diaryl/α,β-unsaturated/α-hetero) is 1. The molecular weight excluding hydrogens is 391 g/mol. The fourth-order valence-corrected chi connectivity index (χ4v) is 3.41. The van der Waals surface area contributed by atoms with Crippen LogP contribution in [0.4, 0.5) is 0 Å². The highest BCUT2D eigenvalue weighted by atomic mass is 32.1. The Hall–Kier alpha value is -2.45. The molecule has 0 radical (unpaired) electrons. The summed E-state index contributed by atoms with van der Waals surface area (Å²) < 4.78 is 6.82. The molecule has 0 spiro atoms. The lowest BCUT2D eigenvalue weighted by molar-refractivity contribution is -0.122. The second kappa shape index (κ2) is 10.0. The first kappa shape index (κ1) is 20.9. The highest BCUT2D eigenvalue weighted by Crippen LogP contribution is 2.26. The predicted octanol–water partition coefficient (Wildman–Crippen LogP) is 3.10. The maximum atomic E-state index is 12.8. The normalized spacial score (nSPS) is 10.7. The quantitative estimate of drug-likeness (QED) is 0.350. The third kappa shape index (κ3) is 4.84. The summed E-state index contributed by atoms with van der Waals surface area (Å²) in [5.74, 6) is -0.304. The zero-order chi connectivity index (χ0) is 19.8. The number of carbonyl (C=O) groups is 3. The molecule has 0 saturated heterocycles. The lowest BCUT2D eigenvalue weighted by Crippen LogP contribution is -2.03. The van der Waals surface area contributed by atoms with Crippen LogP contribution >= 0.6 is 20.4 Å². The number of carbonyl (C=O) groups excluding carboxylic acids is 2. The van der Waals surface area contributed by atoms with E-state index in [9.17, 15) is 9.59 Å². The number of hydrogen-bond acceptors (Lipinski definition) is 7. The average molecular weight is 408 g/mol. The fourth-order valence-electron chi connectivity index (χ4n) is 2.44. The van der Waals surface area contributed by atoms with Crippen molar-refractivity contribution in [2.75, 3.05) is 0 Å². The van der Waals surface area contributed by atoms with Crippen LogP contribution in [0.2, 0.25) is 0 Å². The molecule has 0 aliphatic rings. The molecule has 1 aromatic carbocycles. The summed E-state index contributed by atoms with van der Waals surface area (Å²) >= 11 is 1.17. The van der Waals surface area contributed by atoms with Gasteiger partial charge in [0.1, 0.15) is 12.4 Å². The molecule has 142 valence electrons. The average Bonchev–Trinajstić information content (AvgIpc) is 3.31. The van der Waals surface area contributed by atoms with E-state index >= 15 is 0 Å². The van der Waals surface area contributed by atoms with Gasteiger partial charge >= 0.3 is 0 Å². The lowest BCUT2D eigenvalue weighted by atomic mass is 10.1. The Balaban J connectivity index is 0.000000817. The van der Waals surface area contributed by atoms with Crippen LogP contribution in [-0.4, -0.2) is 37.6 Å². The van der Waals surface area contributed by atoms with Gasteiger partial charge in [-0.15, -0.1) is 11.3 Å². The Morgan fingerprint density at radius 2 is 2.07 bits per heavy atom. The van der Waals surface area contributed by atoms with Crippen LogP contribution in [0.5, 0.6) is 0 Å². The molecule has 1 atom stereocenters. The van der Waals surface area contributed by atoms with Crippen LogP contribution in [0.25, 0.3) is 10.9 Å². The van der Waals surface area contributed by atoms with Crippen LogP contribution in [0.3, 0.4) is 0 Å². The van der Waals surface area contributed by atoms with Crippen molar-refractivity contribution in [1.29, 1.82) is 0 Å². The van der Waals surface area contributed by atoms with Gasteiger partial charge in [-0.25, -0.2) is 4.98 Å². The standard InChI is InChI=1S/C16H15N2O4PS.CH2O2/c1-2-14(19)12-8-24-16(17-12)15(20)11-7-18(9-22-23-21)13-6-4-3-5-10(11)13;2-1-3/h3-8,21,23H,2,9H2,1H3;1H,(H,2,3). The topological polar surface area (TPSA) is 119 Å². The van der Waals surface area contributed by atoms with E-state index in [-0.39, 0.29) is 24.8 Å². The van der Waals surface area contributed by atoms with Crippen LogP contribution in [-0.2, 0) is 16.0 Å². The van der Waals surface area contributed by atoms with Crippen LogP contribution in [0.15, 0.2) is 35.8 Å². The minimum atomic E-state index is -0.622. The number of thiazole rings is 1. The van der Waals surface area contributed by atoms with Crippen molar-refractivity contribution in [2.45, 2.75) is 20.1 Å². The molecular formula is C17H17N2O6PS. The van der Waals surface area contributed by atoms with E-state index in [1.54, 1.807) is 23.1 Å². The number of carboxylic acid groups (broad SMARTS) is 1. The summed E-state index contributed by atoms with van der Waals surface area (Å²) in [6, 6.07) is 7.46. The van der Waals surface area contributed by atoms with Gasteiger partial charge < -0.3 is 19.1 Å². The lowest BCUT2D eigenvalue weighted by Gasteiger charge is -2.03. The molecule has 2 aromatic heterocycles. The zero-order valence-corrected chi connectivity index (χ0v) is 16.1. The van der Waals surface area contributed by atoms with Gasteiger partial charge in [0.15, 0.2) is 19.8 Å². The highest BCUT2D eigenvalue weighted by molar-refractivity contribution is 7.24. The maximum Gasteiger partial charge on any atom is 0.290 e. The molecule has 2 N–H and O–H groups in total. The van der Waals surface area contributed by atoms with Crippen LogP contribution in [0.1, 0.15) is 39.2 Å². The van der Waals surface area contributed by atoms with E-state index in [4.69, 9.17) is 19.3 Å². The van der Waals surface area contributed by atoms with Crippen molar-refractivity contribution in [2.24, 2.45) is 0 Å². The van der Waals surface area contributed by atoms with Gasteiger partial charge in [-0.05, 0) is 6.07 Å². The van der Waals surface area contributed by atoms with Crippen molar-refractivity contribution < 1.29 is 28.9 Å². The van der Waals surface area contributed by atoms with Crippen LogP contribution in [0, 0.1) is 0 Å². The minimum absolute atomic E-state index is 0.0786. The molecule has 0 fully saturated rings. The minimum Gasteiger partial charge on any atom is -0.483 e. The van der Waals surface area contributed by atoms with Crippen molar-refractivity contribution in [3.63, 3.8) is 0 Å². The Morgan fingerprint density at radius 3 is 2.74 bits per heavy atom. The molecule has 3 aromatic rings. The van der Waals surface area contributed by atoms with E-state index in [2.05, 4.69) is 4.98 Å². The second-order valence-electron chi connectivity index (χ2n) is 5.14. The molecule has 3 rings (SSSR count). The number of rotatable bonds is 7. The number of para-hydroxylation sites is 1. The second-order valence-corrected chi connectivity index (χ2v) is 6.47. The first-order valence-electron chi connectivity index (χ1n) is 7.77. The third-order valence-corrected chi connectivity index (χ3v) is 4.71. The SMILES string of the molecule is CCC(=O)c1csc(C(=O)c2cn(COPO)c3ccccc23)n1.O=CO.